The number of fused-ring (bicyclic) bond motifs is 1. The molecule has 4 rings (SSSR count). The van der Waals surface area contributed by atoms with Gasteiger partial charge in [0.15, 0.2) is 28.8 Å². The Bertz CT molecular complexity index is 1340. The first kappa shape index (κ1) is 23.1. The molecule has 0 bridgehead atoms. The number of hydrogen-bond donors (Lipinski definition) is 0. The van der Waals surface area contributed by atoms with Gasteiger partial charge >= 0.3 is 0 Å². The van der Waals surface area contributed by atoms with Crippen LogP contribution < -0.4 is 14.2 Å². The molecule has 2 aromatic carbocycles. The molecule has 0 unspecified atom stereocenters. The second-order valence-corrected chi connectivity index (χ2v) is 7.98. The molecule has 0 spiro atoms. The summed E-state index contributed by atoms with van der Waals surface area (Å²) in [5.41, 5.74) is 1.89. The molecule has 34 heavy (non-hydrogen) atoms. The number of ketones is 1. The Morgan fingerprint density at radius 2 is 1.82 bits per heavy atom. The normalized spacial score (nSPS) is 11.1. The minimum atomic E-state index is -0.611. The number of carbonyl (C=O) groups excluding carboxylic acids is 1. The number of benzene rings is 2. The van der Waals surface area contributed by atoms with Crippen molar-refractivity contribution >= 4 is 16.7 Å². The van der Waals surface area contributed by atoms with Gasteiger partial charge in [0.1, 0.15) is 12.9 Å². The predicted molar refractivity (Wildman–Crippen MR) is 122 cm³/mol. The summed E-state index contributed by atoms with van der Waals surface area (Å²) in [6.07, 6.45) is 3.13. The molecule has 0 aliphatic heterocycles. The van der Waals surface area contributed by atoms with E-state index in [0.717, 1.165) is 5.69 Å². The first-order chi connectivity index (χ1) is 16.4. The van der Waals surface area contributed by atoms with E-state index in [2.05, 4.69) is 20.3 Å². The number of methoxy groups -OCH3 is 2. The van der Waals surface area contributed by atoms with Crippen molar-refractivity contribution in [3.05, 3.63) is 59.9 Å². The van der Waals surface area contributed by atoms with Crippen molar-refractivity contribution in [1.29, 1.82) is 0 Å². The number of carbonyl (C=O) groups is 1. The molecule has 2 aromatic heterocycles. The van der Waals surface area contributed by atoms with Gasteiger partial charge in [-0.1, -0.05) is 25.1 Å². The quantitative estimate of drug-likeness (QED) is 0.364. The molecule has 0 amide bonds. The van der Waals surface area contributed by atoms with Crippen molar-refractivity contribution in [3.63, 3.8) is 0 Å². The Balaban J connectivity index is 1.50. The molecule has 0 atom stereocenters. The Morgan fingerprint density at radius 1 is 1.06 bits per heavy atom. The fraction of sp³-hybridized carbons (Fsp3) is 0.292. The average Bonchev–Trinajstić information content (AvgIpc) is 3.28. The minimum Gasteiger partial charge on any atom is -0.493 e. The molecule has 0 fully saturated rings. The molecule has 4 aromatic rings. The SMILES string of the molecule is COc1cc2ncnc(Oc3ccc(CC(=O)Cn4cc(C(C)C)nn4)cc3F)c2cc1OC. The lowest BCUT2D eigenvalue weighted by Gasteiger charge is -2.12. The van der Waals surface area contributed by atoms with Gasteiger partial charge in [0, 0.05) is 18.7 Å². The number of aromatic nitrogens is 5. The zero-order chi connectivity index (χ0) is 24.2. The summed E-state index contributed by atoms with van der Waals surface area (Å²) >= 11 is 0. The molecule has 9 nitrogen and oxygen atoms in total. The van der Waals surface area contributed by atoms with Gasteiger partial charge in [-0.15, -0.1) is 5.10 Å². The van der Waals surface area contributed by atoms with Crippen LogP contribution in [0.4, 0.5) is 4.39 Å². The zero-order valence-corrected chi connectivity index (χ0v) is 19.3. The van der Waals surface area contributed by atoms with Gasteiger partial charge in [-0.25, -0.2) is 19.0 Å². The molecule has 176 valence electrons. The predicted octanol–water partition coefficient (Wildman–Crippen LogP) is 4.11. The van der Waals surface area contributed by atoms with Crippen LogP contribution in [0.5, 0.6) is 23.1 Å². The fourth-order valence-corrected chi connectivity index (χ4v) is 3.40. The van der Waals surface area contributed by atoms with Crippen LogP contribution >= 0.6 is 0 Å². The van der Waals surface area contributed by atoms with E-state index in [1.165, 1.54) is 37.4 Å². The molecule has 0 saturated heterocycles. The molecule has 0 saturated carbocycles. The van der Waals surface area contributed by atoms with Crippen molar-refractivity contribution in [1.82, 2.24) is 25.0 Å². The molecular formula is C24H24FN5O4. The maximum atomic E-state index is 14.8. The fourth-order valence-electron chi connectivity index (χ4n) is 3.40. The maximum Gasteiger partial charge on any atom is 0.230 e. The Morgan fingerprint density at radius 3 is 2.50 bits per heavy atom. The molecule has 0 N–H and O–H groups in total. The van der Waals surface area contributed by atoms with Gasteiger partial charge in [0.2, 0.25) is 5.88 Å². The van der Waals surface area contributed by atoms with E-state index in [1.54, 1.807) is 24.4 Å². The summed E-state index contributed by atoms with van der Waals surface area (Å²) in [5, 5.41) is 8.55. The average molecular weight is 465 g/mol. The van der Waals surface area contributed by atoms with Crippen molar-refractivity contribution in [3.8, 4) is 23.1 Å². The first-order valence-corrected chi connectivity index (χ1v) is 10.6. The summed E-state index contributed by atoms with van der Waals surface area (Å²) in [4.78, 5) is 20.8. The van der Waals surface area contributed by atoms with Crippen LogP contribution in [0.3, 0.4) is 0 Å². The Labute approximate surface area is 195 Å². The summed E-state index contributed by atoms with van der Waals surface area (Å²) in [5.74, 6) is 0.616. The van der Waals surface area contributed by atoms with Gasteiger partial charge < -0.3 is 14.2 Å². The van der Waals surface area contributed by atoms with Gasteiger partial charge in [0.25, 0.3) is 0 Å². The van der Waals surface area contributed by atoms with E-state index in [9.17, 15) is 9.18 Å². The summed E-state index contributed by atoms with van der Waals surface area (Å²) in [6, 6.07) is 7.75. The lowest BCUT2D eigenvalue weighted by atomic mass is 10.1. The van der Waals surface area contributed by atoms with E-state index < -0.39 is 5.82 Å². The number of halogens is 1. The van der Waals surface area contributed by atoms with Gasteiger partial charge in [-0.2, -0.15) is 0 Å². The first-order valence-electron chi connectivity index (χ1n) is 10.6. The van der Waals surface area contributed by atoms with E-state index in [0.29, 0.717) is 28.0 Å². The summed E-state index contributed by atoms with van der Waals surface area (Å²) in [7, 11) is 3.04. The van der Waals surface area contributed by atoms with Crippen LogP contribution in [0.1, 0.15) is 31.0 Å². The van der Waals surface area contributed by atoms with Crippen LogP contribution in [0.25, 0.3) is 10.9 Å². The second kappa shape index (κ2) is 9.82. The highest BCUT2D eigenvalue weighted by atomic mass is 19.1. The van der Waals surface area contributed by atoms with E-state index in [1.807, 2.05) is 13.8 Å². The van der Waals surface area contributed by atoms with Gasteiger partial charge in [0.05, 0.1) is 30.8 Å². The van der Waals surface area contributed by atoms with Crippen LogP contribution in [0.15, 0.2) is 42.9 Å². The molecular weight excluding hydrogens is 441 g/mol. The lowest BCUT2D eigenvalue weighted by molar-refractivity contribution is -0.119. The number of rotatable bonds is 9. The molecule has 0 radical (unpaired) electrons. The summed E-state index contributed by atoms with van der Waals surface area (Å²) < 4.78 is 32.7. The van der Waals surface area contributed by atoms with Crippen LogP contribution in [-0.4, -0.2) is 45.0 Å². The third-order valence-corrected chi connectivity index (χ3v) is 5.19. The number of nitrogens with zero attached hydrogens (tertiary/aromatic N) is 5. The smallest absolute Gasteiger partial charge is 0.230 e. The van der Waals surface area contributed by atoms with Crippen LogP contribution in [0, 0.1) is 5.82 Å². The number of hydrogen-bond acceptors (Lipinski definition) is 8. The van der Waals surface area contributed by atoms with Crippen molar-refractivity contribution in [2.24, 2.45) is 0 Å². The number of Topliss-reactive ketones (excluding diaryl/α,β-unsaturated/α-hetero) is 1. The lowest BCUT2D eigenvalue weighted by Crippen LogP contribution is -2.13. The highest BCUT2D eigenvalue weighted by Crippen LogP contribution is 2.36. The highest BCUT2D eigenvalue weighted by molar-refractivity contribution is 5.87. The van der Waals surface area contributed by atoms with Crippen molar-refractivity contribution in [2.75, 3.05) is 14.2 Å². The van der Waals surface area contributed by atoms with Crippen LogP contribution in [0.2, 0.25) is 0 Å². The monoisotopic (exact) mass is 465 g/mol. The third-order valence-electron chi connectivity index (χ3n) is 5.19. The topological polar surface area (TPSA) is 101 Å². The maximum absolute atomic E-state index is 14.8. The minimum absolute atomic E-state index is 0.0242. The molecule has 2 heterocycles. The molecule has 0 aliphatic carbocycles. The molecule has 10 heteroatoms. The number of ether oxygens (including phenoxy) is 3. The van der Waals surface area contributed by atoms with E-state index >= 15 is 0 Å². The standard InChI is InChI=1S/C24H24FN5O4/c1-14(2)20-12-30(29-28-20)11-16(31)7-15-5-6-21(18(25)8-15)34-24-17-9-22(32-3)23(33-4)10-19(17)26-13-27-24/h5-6,8-10,12-14H,7,11H2,1-4H3. The van der Waals surface area contributed by atoms with Gasteiger partial charge in [-0.05, 0) is 29.7 Å². The van der Waals surface area contributed by atoms with Crippen molar-refractivity contribution in [2.45, 2.75) is 32.7 Å². The largest absolute Gasteiger partial charge is 0.493 e. The highest BCUT2D eigenvalue weighted by Gasteiger charge is 2.15. The van der Waals surface area contributed by atoms with E-state index in [-0.39, 0.29) is 36.3 Å². The Hall–Kier alpha value is -4.08. The summed E-state index contributed by atoms with van der Waals surface area (Å²) in [6.45, 7) is 4.07. The van der Waals surface area contributed by atoms with Crippen LogP contribution in [-0.2, 0) is 17.8 Å². The zero-order valence-electron chi connectivity index (χ0n) is 19.3. The van der Waals surface area contributed by atoms with E-state index in [4.69, 9.17) is 14.2 Å². The van der Waals surface area contributed by atoms with Gasteiger partial charge in [-0.3, -0.25) is 4.79 Å². The van der Waals surface area contributed by atoms with Crippen molar-refractivity contribution < 1.29 is 23.4 Å². The third kappa shape index (κ3) is 4.95. The Kier molecular flexibility index (Phi) is 6.67. The second-order valence-electron chi connectivity index (χ2n) is 7.98. The molecule has 0 aliphatic rings.